The average molecular weight is 340 g/mol. The summed E-state index contributed by atoms with van der Waals surface area (Å²) in [5.74, 6) is -0.236. The minimum atomic E-state index is -0.870. The van der Waals surface area contributed by atoms with Crippen LogP contribution in [0, 0.1) is 0 Å². The van der Waals surface area contributed by atoms with Crippen molar-refractivity contribution in [1.29, 1.82) is 0 Å². The number of halogens is 2. The van der Waals surface area contributed by atoms with Crippen LogP contribution in [0.3, 0.4) is 0 Å². The van der Waals surface area contributed by atoms with Gasteiger partial charge in [-0.05, 0) is 18.6 Å². The molecule has 3 rings (SSSR count). The Morgan fingerprint density at radius 1 is 1.61 bits per heavy atom. The zero-order chi connectivity index (χ0) is 16.4. The molecule has 1 aliphatic rings. The Morgan fingerprint density at radius 2 is 2.43 bits per heavy atom. The van der Waals surface area contributed by atoms with Crippen molar-refractivity contribution in [2.75, 3.05) is 13.1 Å². The lowest BCUT2D eigenvalue weighted by molar-refractivity contribution is 0.0935. The molecule has 2 aromatic heterocycles. The van der Waals surface area contributed by atoms with Crippen molar-refractivity contribution in [3.05, 3.63) is 40.9 Å². The van der Waals surface area contributed by atoms with Crippen LogP contribution in [0.25, 0.3) is 0 Å². The Kier molecular flexibility index (Phi) is 4.68. The van der Waals surface area contributed by atoms with E-state index in [1.54, 1.807) is 23.1 Å². The molecule has 1 saturated heterocycles. The molecule has 1 amide bonds. The number of hydrogen-bond acceptors (Lipinski definition) is 3. The molecule has 0 saturated carbocycles. The molecule has 124 valence electrons. The summed E-state index contributed by atoms with van der Waals surface area (Å²) in [4.78, 5) is 16.9. The van der Waals surface area contributed by atoms with Crippen molar-refractivity contribution < 1.29 is 9.18 Å². The van der Waals surface area contributed by atoms with Crippen LogP contribution in [0.1, 0.15) is 22.6 Å². The summed E-state index contributed by atoms with van der Waals surface area (Å²) in [6.07, 6.45) is 2.83. The molecule has 8 heteroatoms. The summed E-state index contributed by atoms with van der Waals surface area (Å²) >= 11 is 5.79. The van der Waals surface area contributed by atoms with Gasteiger partial charge in [-0.1, -0.05) is 11.6 Å². The molecule has 0 spiro atoms. The van der Waals surface area contributed by atoms with E-state index in [0.717, 1.165) is 5.69 Å². The highest BCUT2D eigenvalue weighted by Gasteiger charge is 2.32. The first-order valence-electron chi connectivity index (χ1n) is 7.50. The SMILES string of the molecule is Cn1nccc1CN1C[C@@H](F)C[C@H]1CNC(=O)c1cc(Cl)c[nH]1. The Morgan fingerprint density at radius 3 is 3.09 bits per heavy atom. The van der Waals surface area contributed by atoms with E-state index in [0.29, 0.717) is 36.8 Å². The van der Waals surface area contributed by atoms with E-state index in [-0.39, 0.29) is 11.9 Å². The Balaban J connectivity index is 1.59. The van der Waals surface area contributed by atoms with Crippen LogP contribution in [0.5, 0.6) is 0 Å². The molecular weight excluding hydrogens is 321 g/mol. The Hall–Kier alpha value is -1.86. The van der Waals surface area contributed by atoms with Gasteiger partial charge in [0, 0.05) is 45.1 Å². The number of amides is 1. The number of likely N-dealkylation sites (tertiary alicyclic amines) is 1. The van der Waals surface area contributed by atoms with Gasteiger partial charge in [-0.2, -0.15) is 5.10 Å². The maximum atomic E-state index is 13.8. The first-order chi connectivity index (χ1) is 11.0. The molecule has 0 radical (unpaired) electrons. The topological polar surface area (TPSA) is 66.0 Å². The van der Waals surface area contributed by atoms with E-state index in [9.17, 15) is 9.18 Å². The van der Waals surface area contributed by atoms with Gasteiger partial charge in [0.1, 0.15) is 11.9 Å². The fraction of sp³-hybridized carbons (Fsp3) is 0.467. The lowest BCUT2D eigenvalue weighted by Gasteiger charge is -2.24. The monoisotopic (exact) mass is 339 g/mol. The highest BCUT2D eigenvalue weighted by atomic mass is 35.5. The van der Waals surface area contributed by atoms with Crippen molar-refractivity contribution in [1.82, 2.24) is 25.0 Å². The highest BCUT2D eigenvalue weighted by Crippen LogP contribution is 2.22. The number of carbonyl (C=O) groups is 1. The molecule has 23 heavy (non-hydrogen) atoms. The fourth-order valence-corrected chi connectivity index (χ4v) is 3.06. The maximum Gasteiger partial charge on any atom is 0.267 e. The molecule has 2 atom stereocenters. The zero-order valence-corrected chi connectivity index (χ0v) is 13.6. The molecule has 1 fully saturated rings. The van der Waals surface area contributed by atoms with Crippen LogP contribution in [-0.4, -0.2) is 50.9 Å². The molecule has 6 nitrogen and oxygen atoms in total. The average Bonchev–Trinajstić information content (AvgIpc) is 3.19. The smallest absolute Gasteiger partial charge is 0.267 e. The summed E-state index contributed by atoms with van der Waals surface area (Å²) in [6.45, 7) is 1.39. The Labute approximate surface area is 138 Å². The third-order valence-electron chi connectivity index (χ3n) is 4.16. The third kappa shape index (κ3) is 3.73. The van der Waals surface area contributed by atoms with E-state index in [4.69, 9.17) is 11.6 Å². The van der Waals surface area contributed by atoms with Gasteiger partial charge in [0.2, 0.25) is 0 Å². The van der Waals surface area contributed by atoms with E-state index >= 15 is 0 Å². The first-order valence-corrected chi connectivity index (χ1v) is 7.88. The van der Waals surface area contributed by atoms with Crippen molar-refractivity contribution in [3.8, 4) is 0 Å². The largest absolute Gasteiger partial charge is 0.356 e. The molecule has 0 aliphatic carbocycles. The van der Waals surface area contributed by atoms with E-state index in [1.807, 2.05) is 18.0 Å². The van der Waals surface area contributed by atoms with Gasteiger partial charge in [-0.3, -0.25) is 14.4 Å². The number of aromatic amines is 1. The molecule has 2 aromatic rings. The second kappa shape index (κ2) is 6.72. The molecule has 0 bridgehead atoms. The number of aromatic nitrogens is 3. The lowest BCUT2D eigenvalue weighted by atomic mass is 10.2. The predicted molar refractivity (Wildman–Crippen MR) is 85.1 cm³/mol. The molecule has 1 aliphatic heterocycles. The lowest BCUT2D eigenvalue weighted by Crippen LogP contribution is -2.40. The minimum absolute atomic E-state index is 0.0331. The zero-order valence-electron chi connectivity index (χ0n) is 12.8. The van der Waals surface area contributed by atoms with E-state index < -0.39 is 6.17 Å². The maximum absolute atomic E-state index is 13.8. The molecule has 0 unspecified atom stereocenters. The summed E-state index contributed by atoms with van der Waals surface area (Å²) in [5, 5.41) is 7.45. The highest BCUT2D eigenvalue weighted by molar-refractivity contribution is 6.30. The van der Waals surface area contributed by atoms with Gasteiger partial charge < -0.3 is 10.3 Å². The second-order valence-electron chi connectivity index (χ2n) is 5.80. The molecule has 2 N–H and O–H groups in total. The van der Waals surface area contributed by atoms with Crippen molar-refractivity contribution >= 4 is 17.5 Å². The number of nitrogens with one attached hydrogen (secondary N) is 2. The summed E-state index contributed by atoms with van der Waals surface area (Å²) in [7, 11) is 1.87. The van der Waals surface area contributed by atoms with Crippen LogP contribution >= 0.6 is 11.6 Å². The number of aryl methyl sites for hydroxylation is 1. The van der Waals surface area contributed by atoms with Gasteiger partial charge in [0.15, 0.2) is 0 Å². The Bertz CT molecular complexity index is 685. The van der Waals surface area contributed by atoms with Crippen molar-refractivity contribution in [3.63, 3.8) is 0 Å². The van der Waals surface area contributed by atoms with Gasteiger partial charge in [-0.25, -0.2) is 4.39 Å². The number of carbonyl (C=O) groups excluding carboxylic acids is 1. The fourth-order valence-electron chi connectivity index (χ4n) is 2.90. The van der Waals surface area contributed by atoms with Crippen LogP contribution in [0.15, 0.2) is 24.5 Å². The minimum Gasteiger partial charge on any atom is -0.356 e. The summed E-state index contributed by atoms with van der Waals surface area (Å²) in [6, 6.07) is 3.45. The predicted octanol–water partition coefficient (Wildman–Crippen LogP) is 1.74. The van der Waals surface area contributed by atoms with Crippen LogP contribution in [-0.2, 0) is 13.6 Å². The van der Waals surface area contributed by atoms with Gasteiger partial charge in [0.05, 0.1) is 10.7 Å². The number of rotatable bonds is 5. The molecule has 0 aromatic carbocycles. The van der Waals surface area contributed by atoms with Gasteiger partial charge in [0.25, 0.3) is 5.91 Å². The summed E-state index contributed by atoms with van der Waals surface area (Å²) < 4.78 is 15.6. The number of H-pyrrole nitrogens is 1. The van der Waals surface area contributed by atoms with Crippen LogP contribution < -0.4 is 5.32 Å². The van der Waals surface area contributed by atoms with Crippen LogP contribution in [0.2, 0.25) is 5.02 Å². The standard InChI is InChI=1S/C15H19ClFN5O/c1-21-12(2-3-20-21)9-22-8-11(17)5-13(22)7-19-15(23)14-4-10(16)6-18-14/h2-4,6,11,13,18H,5,7-9H2,1H3,(H,19,23)/t11-,13-/m0/s1. The molecular formula is C15H19ClFN5O. The summed E-state index contributed by atoms with van der Waals surface area (Å²) in [5.41, 5.74) is 1.43. The van der Waals surface area contributed by atoms with Gasteiger partial charge >= 0.3 is 0 Å². The number of alkyl halides is 1. The van der Waals surface area contributed by atoms with E-state index in [2.05, 4.69) is 15.4 Å². The second-order valence-corrected chi connectivity index (χ2v) is 6.24. The van der Waals surface area contributed by atoms with Crippen LogP contribution in [0.4, 0.5) is 4.39 Å². The third-order valence-corrected chi connectivity index (χ3v) is 4.37. The van der Waals surface area contributed by atoms with E-state index in [1.165, 1.54) is 0 Å². The number of hydrogen-bond donors (Lipinski definition) is 2. The molecule has 3 heterocycles. The van der Waals surface area contributed by atoms with Crippen molar-refractivity contribution in [2.45, 2.75) is 25.2 Å². The van der Waals surface area contributed by atoms with Gasteiger partial charge in [-0.15, -0.1) is 0 Å². The first kappa shape index (κ1) is 16.0. The normalized spacial score (nSPS) is 21.7. The van der Waals surface area contributed by atoms with Crippen molar-refractivity contribution in [2.24, 2.45) is 7.05 Å². The quantitative estimate of drug-likeness (QED) is 0.872. The number of nitrogens with zero attached hydrogens (tertiary/aromatic N) is 3.